The molecule has 2 heteroatoms. The Morgan fingerprint density at radius 2 is 0.962 bits per heavy atom. The van der Waals surface area contributed by atoms with Crippen molar-refractivity contribution in [3.8, 4) is 0 Å². The van der Waals surface area contributed by atoms with Crippen molar-refractivity contribution in [2.45, 2.75) is 135 Å². The van der Waals surface area contributed by atoms with Crippen LogP contribution in [0.15, 0.2) is 0 Å². The first kappa shape index (κ1) is 25.9. The molecule has 0 aromatic heterocycles. The molecule has 26 heavy (non-hydrogen) atoms. The Morgan fingerprint density at radius 1 is 0.577 bits per heavy atom. The third-order valence-electron chi connectivity index (χ3n) is 6.65. The predicted molar refractivity (Wildman–Crippen MR) is 116 cm³/mol. The Balaban J connectivity index is 0.00000625. The summed E-state index contributed by atoms with van der Waals surface area (Å²) in [6, 6.07) is 0.954. The van der Waals surface area contributed by atoms with Crippen molar-refractivity contribution in [3.05, 3.63) is 0 Å². The number of nitrogens with zero attached hydrogens (tertiary/aromatic N) is 1. The minimum atomic E-state index is 0. The maximum absolute atomic E-state index is 2.48. The van der Waals surface area contributed by atoms with Gasteiger partial charge in [0.05, 0.1) is 26.7 Å². The number of hydrogen-bond acceptors (Lipinski definition) is 1. The van der Waals surface area contributed by atoms with E-state index in [0.29, 0.717) is 0 Å². The molecule has 0 bridgehead atoms. The highest BCUT2D eigenvalue weighted by molar-refractivity contribution is 4.66. The summed E-state index contributed by atoms with van der Waals surface area (Å²) >= 11 is 0. The second-order valence-corrected chi connectivity index (χ2v) is 9.39. The molecule has 1 rings (SSSR count). The second-order valence-electron chi connectivity index (χ2n) is 9.39. The maximum Gasteiger partial charge on any atom is 0.0886 e. The van der Waals surface area contributed by atoms with Crippen LogP contribution in [0.3, 0.4) is 0 Å². The van der Waals surface area contributed by atoms with Gasteiger partial charge in [0.1, 0.15) is 0 Å². The van der Waals surface area contributed by atoms with Crippen molar-refractivity contribution in [3.63, 3.8) is 0 Å². The van der Waals surface area contributed by atoms with Gasteiger partial charge in [-0.25, -0.2) is 0 Å². The summed E-state index contributed by atoms with van der Waals surface area (Å²) in [5, 5.41) is 0. The molecule has 1 aliphatic carbocycles. The van der Waals surface area contributed by atoms with Crippen molar-refractivity contribution >= 4 is 0 Å². The van der Waals surface area contributed by atoms with Crippen molar-refractivity contribution in [1.82, 2.24) is 0 Å². The third kappa shape index (κ3) is 13.1. The fourth-order valence-corrected chi connectivity index (χ4v) is 4.68. The van der Waals surface area contributed by atoms with Gasteiger partial charge in [0.25, 0.3) is 0 Å². The molecule has 0 heterocycles. The highest BCUT2D eigenvalue weighted by atomic mass is 16.0. The van der Waals surface area contributed by atoms with Gasteiger partial charge >= 0.3 is 0 Å². The predicted octanol–water partition coefficient (Wildman–Crippen LogP) is 7.70. The molecule has 2 nitrogen and oxygen atoms in total. The van der Waals surface area contributed by atoms with E-state index in [0.717, 1.165) is 6.04 Å². The van der Waals surface area contributed by atoms with Gasteiger partial charge in [0.15, 0.2) is 0 Å². The molecule has 1 N–H and O–H groups in total. The molecule has 1 fully saturated rings. The summed E-state index contributed by atoms with van der Waals surface area (Å²) in [5.41, 5.74) is 0. The first-order valence-corrected chi connectivity index (χ1v) is 12.0. The Kier molecular flexibility index (Phi) is 17.0. The highest BCUT2D eigenvalue weighted by Gasteiger charge is 2.28. The van der Waals surface area contributed by atoms with E-state index >= 15 is 0 Å². The molecule has 1 saturated carbocycles. The molecule has 0 amide bonds. The quantitative estimate of drug-likeness (QED) is 0.202. The molecule has 0 spiro atoms. The molecule has 0 unspecified atom stereocenters. The first-order valence-electron chi connectivity index (χ1n) is 12.0. The van der Waals surface area contributed by atoms with Crippen LogP contribution in [0.2, 0.25) is 0 Å². The molecule has 0 atom stereocenters. The normalized spacial score (nSPS) is 15.8. The van der Waals surface area contributed by atoms with Crippen LogP contribution in [-0.4, -0.2) is 36.6 Å². The molecule has 0 aromatic carbocycles. The lowest BCUT2D eigenvalue weighted by molar-refractivity contribution is -0.916. The van der Waals surface area contributed by atoms with E-state index in [1.165, 1.54) is 133 Å². The van der Waals surface area contributed by atoms with Crippen LogP contribution in [0.1, 0.15) is 129 Å². The zero-order chi connectivity index (χ0) is 18.2. The number of hydrogen-bond donors (Lipinski definition) is 0. The largest absolute Gasteiger partial charge is 0.870 e. The van der Waals surface area contributed by atoms with Gasteiger partial charge in [-0.3, -0.25) is 0 Å². The summed E-state index contributed by atoms with van der Waals surface area (Å²) in [7, 11) is 4.97. The van der Waals surface area contributed by atoms with Crippen LogP contribution in [-0.2, 0) is 0 Å². The van der Waals surface area contributed by atoms with Crippen molar-refractivity contribution in [1.29, 1.82) is 0 Å². The Bertz CT molecular complexity index is 284. The van der Waals surface area contributed by atoms with Crippen LogP contribution in [0.5, 0.6) is 0 Å². The zero-order valence-electron chi connectivity index (χ0n) is 18.6. The smallest absolute Gasteiger partial charge is 0.0886 e. The molecular weight excluding hydrogens is 318 g/mol. The molecule has 0 radical (unpaired) electrons. The Hall–Kier alpha value is -0.0800. The van der Waals surface area contributed by atoms with E-state index in [1.807, 2.05) is 0 Å². The van der Waals surface area contributed by atoms with E-state index in [2.05, 4.69) is 21.0 Å². The molecule has 1 aliphatic rings. The average Bonchev–Trinajstić information content (AvgIpc) is 2.63. The van der Waals surface area contributed by atoms with Gasteiger partial charge in [-0.1, -0.05) is 90.4 Å². The summed E-state index contributed by atoms with van der Waals surface area (Å²) in [6.07, 6.45) is 27.9. The first-order chi connectivity index (χ1) is 12.2. The monoisotopic (exact) mass is 369 g/mol. The lowest BCUT2D eigenvalue weighted by Crippen LogP contribution is -2.50. The Labute approximate surface area is 166 Å². The van der Waals surface area contributed by atoms with E-state index in [-0.39, 0.29) is 5.48 Å². The molecule has 0 saturated heterocycles. The maximum atomic E-state index is 2.48. The number of rotatable bonds is 16. The van der Waals surface area contributed by atoms with E-state index < -0.39 is 0 Å². The van der Waals surface area contributed by atoms with Gasteiger partial charge < -0.3 is 9.96 Å². The molecular formula is C24H51NO. The van der Waals surface area contributed by atoms with Gasteiger partial charge in [-0.2, -0.15) is 0 Å². The zero-order valence-corrected chi connectivity index (χ0v) is 18.6. The van der Waals surface area contributed by atoms with E-state index in [4.69, 9.17) is 0 Å². The molecule has 0 aliphatic heterocycles. The van der Waals surface area contributed by atoms with Crippen molar-refractivity contribution in [2.24, 2.45) is 0 Å². The fourth-order valence-electron chi connectivity index (χ4n) is 4.68. The molecule has 158 valence electrons. The highest BCUT2D eigenvalue weighted by Crippen LogP contribution is 2.26. The summed E-state index contributed by atoms with van der Waals surface area (Å²) in [5.74, 6) is 0. The van der Waals surface area contributed by atoms with Crippen molar-refractivity contribution in [2.75, 3.05) is 20.6 Å². The van der Waals surface area contributed by atoms with E-state index in [9.17, 15) is 0 Å². The van der Waals surface area contributed by atoms with Gasteiger partial charge in [0.2, 0.25) is 0 Å². The molecule has 0 aromatic rings. The number of quaternary nitrogens is 1. The van der Waals surface area contributed by atoms with Crippen LogP contribution in [0, 0.1) is 0 Å². The lowest BCUT2D eigenvalue weighted by Gasteiger charge is -2.40. The topological polar surface area (TPSA) is 30.0 Å². The summed E-state index contributed by atoms with van der Waals surface area (Å²) in [4.78, 5) is 0. The van der Waals surface area contributed by atoms with Gasteiger partial charge in [-0.05, 0) is 38.5 Å². The van der Waals surface area contributed by atoms with Crippen molar-refractivity contribution < 1.29 is 9.96 Å². The third-order valence-corrected chi connectivity index (χ3v) is 6.65. The standard InChI is InChI=1S/C24H50N.H2O/c1-4-5-6-7-8-9-10-11-12-13-14-15-16-20-23-25(2,3)24-21-18-17-19-22-24;/h24H,4-23H2,1-3H3;1H2/q+1;/p-1. The van der Waals surface area contributed by atoms with Crippen LogP contribution in [0.25, 0.3) is 0 Å². The lowest BCUT2D eigenvalue weighted by atomic mass is 9.93. The average molecular weight is 370 g/mol. The second kappa shape index (κ2) is 17.0. The van der Waals surface area contributed by atoms with Crippen LogP contribution >= 0.6 is 0 Å². The minimum absolute atomic E-state index is 0. The number of unbranched alkanes of at least 4 members (excludes halogenated alkanes) is 13. The van der Waals surface area contributed by atoms with E-state index in [1.54, 1.807) is 0 Å². The fraction of sp³-hybridized carbons (Fsp3) is 1.00. The Morgan fingerprint density at radius 3 is 1.38 bits per heavy atom. The van der Waals surface area contributed by atoms with Crippen LogP contribution in [0.4, 0.5) is 0 Å². The van der Waals surface area contributed by atoms with Crippen LogP contribution < -0.4 is 0 Å². The minimum Gasteiger partial charge on any atom is -0.870 e. The van der Waals surface area contributed by atoms with Gasteiger partial charge in [-0.15, -0.1) is 0 Å². The summed E-state index contributed by atoms with van der Waals surface area (Å²) < 4.78 is 1.29. The SMILES string of the molecule is CCCCCCCCCCCCCCCC[N+](C)(C)C1CCCCC1.[OH-]. The summed E-state index contributed by atoms with van der Waals surface area (Å²) in [6.45, 7) is 3.71. The van der Waals surface area contributed by atoms with Gasteiger partial charge in [0, 0.05) is 0 Å².